The van der Waals surface area contributed by atoms with Gasteiger partial charge in [-0.15, -0.1) is 0 Å². The minimum absolute atomic E-state index is 0.165. The van der Waals surface area contributed by atoms with E-state index < -0.39 is 0 Å². The first-order valence-electron chi connectivity index (χ1n) is 6.22. The van der Waals surface area contributed by atoms with Crippen LogP contribution in [0.3, 0.4) is 0 Å². The zero-order valence-electron chi connectivity index (χ0n) is 10.9. The van der Waals surface area contributed by atoms with Gasteiger partial charge in [-0.2, -0.15) is 0 Å². The van der Waals surface area contributed by atoms with Crippen LogP contribution in [0.2, 0.25) is 0 Å². The molecule has 5 nitrogen and oxygen atoms in total. The predicted octanol–water partition coefficient (Wildman–Crippen LogP) is 3.20. The van der Waals surface area contributed by atoms with Crippen molar-refractivity contribution in [3.63, 3.8) is 0 Å². The molecule has 2 aromatic heterocycles. The molecule has 6 heteroatoms. The molecule has 0 aliphatic rings. The van der Waals surface area contributed by atoms with Gasteiger partial charge in [0.25, 0.3) is 5.91 Å². The van der Waals surface area contributed by atoms with Crippen LogP contribution in [0.5, 0.6) is 0 Å². The van der Waals surface area contributed by atoms with E-state index in [2.05, 4.69) is 21.2 Å². The summed E-state index contributed by atoms with van der Waals surface area (Å²) in [6.07, 6.45) is 1.54. The molecule has 21 heavy (non-hydrogen) atoms. The number of fused-ring (bicyclic) bond motifs is 1. The van der Waals surface area contributed by atoms with Gasteiger partial charge in [-0.25, -0.2) is 0 Å². The Labute approximate surface area is 128 Å². The van der Waals surface area contributed by atoms with Crippen LogP contribution in [0.25, 0.3) is 11.0 Å². The summed E-state index contributed by atoms with van der Waals surface area (Å²) < 4.78 is 11.4. The highest BCUT2D eigenvalue weighted by molar-refractivity contribution is 9.10. The minimum atomic E-state index is -0.373. The van der Waals surface area contributed by atoms with Gasteiger partial charge >= 0.3 is 0 Å². The number of hydrogen-bond donors (Lipinski definition) is 2. The van der Waals surface area contributed by atoms with Gasteiger partial charge in [-0.05, 0) is 36.4 Å². The zero-order chi connectivity index (χ0) is 14.8. The van der Waals surface area contributed by atoms with Crippen molar-refractivity contribution in [3.8, 4) is 0 Å². The van der Waals surface area contributed by atoms with Gasteiger partial charge in [0.2, 0.25) is 5.55 Å². The maximum atomic E-state index is 12.1. The number of amides is 1. The van der Waals surface area contributed by atoms with E-state index in [1.54, 1.807) is 30.5 Å². The SMILES string of the molecule is N=c1oc2ccc(Br)cc2cc1C(=O)NCc1ccco1. The number of furan rings is 1. The molecule has 0 unspecified atom stereocenters. The summed E-state index contributed by atoms with van der Waals surface area (Å²) in [4.78, 5) is 12.1. The smallest absolute Gasteiger partial charge is 0.257 e. The van der Waals surface area contributed by atoms with Gasteiger partial charge in [0, 0.05) is 9.86 Å². The summed E-state index contributed by atoms with van der Waals surface area (Å²) >= 11 is 3.37. The van der Waals surface area contributed by atoms with Crippen molar-refractivity contribution >= 4 is 32.8 Å². The van der Waals surface area contributed by atoms with Gasteiger partial charge in [-0.1, -0.05) is 15.9 Å². The van der Waals surface area contributed by atoms with E-state index in [4.69, 9.17) is 14.2 Å². The molecule has 0 saturated carbocycles. The summed E-state index contributed by atoms with van der Waals surface area (Å²) in [5.74, 6) is 0.275. The van der Waals surface area contributed by atoms with E-state index in [-0.39, 0.29) is 23.6 Å². The molecule has 3 rings (SSSR count). The molecular weight excluding hydrogens is 336 g/mol. The molecular formula is C15H11BrN2O3. The molecule has 0 radical (unpaired) electrons. The van der Waals surface area contributed by atoms with Crippen molar-refractivity contribution in [2.24, 2.45) is 0 Å². The molecule has 0 aliphatic heterocycles. The maximum absolute atomic E-state index is 12.1. The first kappa shape index (κ1) is 13.6. The third kappa shape index (κ3) is 2.90. The fraction of sp³-hybridized carbons (Fsp3) is 0.0667. The first-order valence-corrected chi connectivity index (χ1v) is 7.01. The van der Waals surface area contributed by atoms with Gasteiger partial charge in [-0.3, -0.25) is 10.2 Å². The van der Waals surface area contributed by atoms with Crippen LogP contribution >= 0.6 is 15.9 Å². The number of carbonyl (C=O) groups is 1. The van der Waals surface area contributed by atoms with Crippen LogP contribution < -0.4 is 10.9 Å². The van der Waals surface area contributed by atoms with E-state index >= 15 is 0 Å². The van der Waals surface area contributed by atoms with Crippen molar-refractivity contribution in [1.82, 2.24) is 5.32 Å². The normalized spacial score (nSPS) is 10.7. The molecule has 0 spiro atoms. The average molecular weight is 347 g/mol. The van der Waals surface area contributed by atoms with Crippen molar-refractivity contribution in [2.45, 2.75) is 6.54 Å². The predicted molar refractivity (Wildman–Crippen MR) is 79.6 cm³/mol. The lowest BCUT2D eigenvalue weighted by Crippen LogP contribution is -2.27. The molecule has 0 saturated heterocycles. The Hall–Kier alpha value is -2.34. The molecule has 0 aliphatic carbocycles. The Morgan fingerprint density at radius 2 is 2.14 bits per heavy atom. The van der Waals surface area contributed by atoms with Crippen LogP contribution in [0.15, 0.2) is 56.0 Å². The van der Waals surface area contributed by atoms with Crippen LogP contribution in [0.1, 0.15) is 16.1 Å². The van der Waals surface area contributed by atoms with E-state index in [0.29, 0.717) is 11.3 Å². The molecule has 0 atom stereocenters. The molecule has 2 N–H and O–H groups in total. The summed E-state index contributed by atoms with van der Waals surface area (Å²) in [5.41, 5.74) is 0.583. The zero-order valence-corrected chi connectivity index (χ0v) is 12.4. The molecule has 106 valence electrons. The Morgan fingerprint density at radius 3 is 2.90 bits per heavy atom. The number of benzene rings is 1. The molecule has 1 amide bonds. The van der Waals surface area contributed by atoms with Crippen molar-refractivity contribution < 1.29 is 13.6 Å². The summed E-state index contributed by atoms with van der Waals surface area (Å²) in [6.45, 7) is 0.266. The van der Waals surface area contributed by atoms with Crippen LogP contribution in [-0.2, 0) is 6.54 Å². The molecule has 2 heterocycles. The van der Waals surface area contributed by atoms with Crippen molar-refractivity contribution in [2.75, 3.05) is 0 Å². The van der Waals surface area contributed by atoms with Gasteiger partial charge in [0.1, 0.15) is 16.9 Å². The lowest BCUT2D eigenvalue weighted by molar-refractivity contribution is 0.0943. The lowest BCUT2D eigenvalue weighted by Gasteiger charge is -2.05. The third-order valence-corrected chi connectivity index (χ3v) is 3.47. The average Bonchev–Trinajstić information content (AvgIpc) is 2.98. The van der Waals surface area contributed by atoms with Crippen molar-refractivity contribution in [1.29, 1.82) is 5.41 Å². The second-order valence-corrected chi connectivity index (χ2v) is 5.35. The van der Waals surface area contributed by atoms with E-state index in [0.717, 1.165) is 9.86 Å². The Morgan fingerprint density at radius 1 is 1.29 bits per heavy atom. The molecule has 1 aromatic carbocycles. The fourth-order valence-corrected chi connectivity index (χ4v) is 2.33. The summed E-state index contributed by atoms with van der Waals surface area (Å²) in [5, 5.41) is 11.3. The number of hydrogen-bond acceptors (Lipinski definition) is 4. The third-order valence-electron chi connectivity index (χ3n) is 2.98. The van der Waals surface area contributed by atoms with Gasteiger partial charge in [0.15, 0.2) is 0 Å². The number of rotatable bonds is 3. The van der Waals surface area contributed by atoms with E-state index in [9.17, 15) is 4.79 Å². The largest absolute Gasteiger partial charge is 0.467 e. The van der Waals surface area contributed by atoms with E-state index in [1.807, 2.05) is 12.1 Å². The summed E-state index contributed by atoms with van der Waals surface area (Å²) in [7, 11) is 0. The van der Waals surface area contributed by atoms with Crippen LogP contribution in [0, 0.1) is 5.41 Å². The van der Waals surface area contributed by atoms with Crippen LogP contribution in [-0.4, -0.2) is 5.91 Å². The monoisotopic (exact) mass is 346 g/mol. The lowest BCUT2D eigenvalue weighted by atomic mass is 10.2. The Bertz CT molecular complexity index is 853. The minimum Gasteiger partial charge on any atom is -0.467 e. The molecule has 0 fully saturated rings. The molecule has 3 aromatic rings. The van der Waals surface area contributed by atoms with Gasteiger partial charge < -0.3 is 14.2 Å². The fourth-order valence-electron chi connectivity index (χ4n) is 1.96. The Kier molecular flexibility index (Phi) is 3.62. The van der Waals surface area contributed by atoms with Gasteiger partial charge in [0.05, 0.1) is 12.8 Å². The van der Waals surface area contributed by atoms with Crippen molar-refractivity contribution in [3.05, 3.63) is 64.0 Å². The quantitative estimate of drug-likeness (QED) is 0.764. The molecule has 0 bridgehead atoms. The van der Waals surface area contributed by atoms with Crippen LogP contribution in [0.4, 0.5) is 0 Å². The topological polar surface area (TPSA) is 79.2 Å². The standard InChI is InChI=1S/C15H11BrN2O3/c16-10-3-4-13-9(6-10)7-12(14(17)21-13)15(19)18-8-11-2-1-5-20-11/h1-7,17H,8H2,(H,18,19). The highest BCUT2D eigenvalue weighted by atomic mass is 79.9. The number of halogens is 1. The first-order chi connectivity index (χ1) is 10.1. The summed E-state index contributed by atoms with van der Waals surface area (Å²) in [6, 6.07) is 10.6. The Balaban J connectivity index is 1.90. The number of carbonyl (C=O) groups excluding carboxylic acids is 1. The maximum Gasteiger partial charge on any atom is 0.257 e. The van der Waals surface area contributed by atoms with E-state index in [1.165, 1.54) is 0 Å². The second-order valence-electron chi connectivity index (χ2n) is 4.43. The second kappa shape index (κ2) is 5.57. The highest BCUT2D eigenvalue weighted by Gasteiger charge is 2.12. The number of nitrogens with one attached hydrogen (secondary N) is 2. The highest BCUT2D eigenvalue weighted by Crippen LogP contribution is 2.19.